The smallest absolute Gasteiger partial charge is 0.142 e. The van der Waals surface area contributed by atoms with Gasteiger partial charge in [-0.15, -0.1) is 0 Å². The zero-order chi connectivity index (χ0) is 16.8. The van der Waals surface area contributed by atoms with Crippen molar-refractivity contribution < 1.29 is 4.74 Å². The van der Waals surface area contributed by atoms with E-state index in [9.17, 15) is 0 Å². The van der Waals surface area contributed by atoms with Gasteiger partial charge in [-0.25, -0.2) is 9.97 Å². The molecule has 0 saturated heterocycles. The first-order valence-electron chi connectivity index (χ1n) is 7.63. The van der Waals surface area contributed by atoms with Crippen LogP contribution < -0.4 is 15.4 Å². The van der Waals surface area contributed by atoms with Gasteiger partial charge in [-0.1, -0.05) is 18.2 Å². The minimum Gasteiger partial charge on any atom is -0.495 e. The monoisotopic (exact) mass is 321 g/mol. The van der Waals surface area contributed by atoms with Crippen LogP contribution in [0.4, 0.5) is 17.3 Å². The number of pyridine rings is 1. The van der Waals surface area contributed by atoms with Crippen molar-refractivity contribution in [2.24, 2.45) is 0 Å². The maximum atomic E-state index is 5.35. The highest BCUT2D eigenvalue weighted by Crippen LogP contribution is 2.26. The summed E-state index contributed by atoms with van der Waals surface area (Å²) in [6.07, 6.45) is 3.59. The highest BCUT2D eigenvalue weighted by atomic mass is 16.5. The number of aromatic nitrogens is 3. The summed E-state index contributed by atoms with van der Waals surface area (Å²) in [7, 11) is 1.65. The van der Waals surface area contributed by atoms with Crippen LogP contribution in [0.25, 0.3) is 0 Å². The zero-order valence-electron chi connectivity index (χ0n) is 13.7. The van der Waals surface area contributed by atoms with Crippen molar-refractivity contribution in [3.8, 4) is 5.75 Å². The van der Waals surface area contributed by atoms with E-state index in [1.807, 2.05) is 55.6 Å². The van der Waals surface area contributed by atoms with Crippen LogP contribution in [-0.2, 0) is 6.54 Å². The number of nitrogens with one attached hydrogen (secondary N) is 2. The lowest BCUT2D eigenvalue weighted by atomic mass is 10.3. The van der Waals surface area contributed by atoms with E-state index in [0.717, 1.165) is 22.8 Å². The van der Waals surface area contributed by atoms with Gasteiger partial charge in [0.1, 0.15) is 23.2 Å². The third kappa shape index (κ3) is 3.98. The fraction of sp³-hybridized carbons (Fsp3) is 0.167. The predicted molar refractivity (Wildman–Crippen MR) is 94.6 cm³/mol. The topological polar surface area (TPSA) is 72.0 Å². The second-order valence-electron chi connectivity index (χ2n) is 5.23. The normalized spacial score (nSPS) is 10.2. The number of hydrogen-bond donors (Lipinski definition) is 2. The first-order chi connectivity index (χ1) is 11.7. The molecular weight excluding hydrogens is 302 g/mol. The van der Waals surface area contributed by atoms with E-state index in [4.69, 9.17) is 4.74 Å². The van der Waals surface area contributed by atoms with E-state index in [0.29, 0.717) is 18.2 Å². The fourth-order valence-corrected chi connectivity index (χ4v) is 2.30. The van der Waals surface area contributed by atoms with E-state index in [-0.39, 0.29) is 0 Å². The molecule has 0 aliphatic carbocycles. The lowest BCUT2D eigenvalue weighted by Crippen LogP contribution is -2.05. The Hall–Kier alpha value is -3.15. The van der Waals surface area contributed by atoms with Crippen molar-refractivity contribution in [1.82, 2.24) is 15.0 Å². The summed E-state index contributed by atoms with van der Waals surface area (Å²) in [5.74, 6) is 2.91. The Labute approximate surface area is 141 Å². The van der Waals surface area contributed by atoms with Crippen molar-refractivity contribution in [2.75, 3.05) is 17.7 Å². The average Bonchev–Trinajstić information content (AvgIpc) is 2.61. The molecule has 0 fully saturated rings. The molecule has 0 bridgehead atoms. The molecule has 24 heavy (non-hydrogen) atoms. The molecule has 0 spiro atoms. The zero-order valence-corrected chi connectivity index (χ0v) is 13.7. The van der Waals surface area contributed by atoms with E-state index < -0.39 is 0 Å². The number of rotatable bonds is 6. The fourth-order valence-electron chi connectivity index (χ4n) is 2.30. The highest BCUT2D eigenvalue weighted by molar-refractivity contribution is 5.65. The molecular formula is C18H19N5O. The molecule has 0 aliphatic rings. The number of benzene rings is 1. The molecule has 6 nitrogen and oxygen atoms in total. The minimum atomic E-state index is 0.651. The molecule has 3 rings (SSSR count). The van der Waals surface area contributed by atoms with Crippen LogP contribution in [0.5, 0.6) is 5.75 Å². The van der Waals surface area contributed by atoms with Gasteiger partial charge in [-0.3, -0.25) is 4.98 Å². The molecule has 0 aliphatic heterocycles. The van der Waals surface area contributed by atoms with Crippen molar-refractivity contribution in [3.05, 3.63) is 66.2 Å². The molecule has 2 N–H and O–H groups in total. The molecule has 0 saturated carbocycles. The Bertz CT molecular complexity index is 808. The lowest BCUT2D eigenvalue weighted by Gasteiger charge is -2.12. The van der Waals surface area contributed by atoms with E-state index in [2.05, 4.69) is 25.6 Å². The van der Waals surface area contributed by atoms with Crippen LogP contribution in [0.2, 0.25) is 0 Å². The molecule has 3 aromatic rings. The van der Waals surface area contributed by atoms with E-state index in [1.54, 1.807) is 13.3 Å². The number of ether oxygens (including phenoxy) is 1. The van der Waals surface area contributed by atoms with Gasteiger partial charge in [-0.05, 0) is 30.7 Å². The summed E-state index contributed by atoms with van der Waals surface area (Å²) in [4.78, 5) is 13.0. The number of methoxy groups -OCH3 is 1. The Balaban J connectivity index is 1.76. The Kier molecular flexibility index (Phi) is 4.86. The molecule has 2 heterocycles. The summed E-state index contributed by atoms with van der Waals surface area (Å²) in [5, 5.41) is 6.57. The molecule has 0 radical (unpaired) electrons. The van der Waals surface area contributed by atoms with Gasteiger partial charge in [0.2, 0.25) is 0 Å². The second kappa shape index (κ2) is 7.41. The first kappa shape index (κ1) is 15.7. The summed E-state index contributed by atoms with van der Waals surface area (Å²) in [6.45, 7) is 2.51. The van der Waals surface area contributed by atoms with E-state index >= 15 is 0 Å². The van der Waals surface area contributed by atoms with Crippen LogP contribution in [0, 0.1) is 6.92 Å². The first-order valence-corrected chi connectivity index (χ1v) is 7.63. The third-order valence-electron chi connectivity index (χ3n) is 3.40. The summed E-state index contributed by atoms with van der Waals surface area (Å²) in [5.41, 5.74) is 1.95. The van der Waals surface area contributed by atoms with Crippen LogP contribution in [0.1, 0.15) is 11.4 Å². The summed E-state index contributed by atoms with van der Waals surface area (Å²) >= 11 is 0. The quantitative estimate of drug-likeness (QED) is 0.723. The van der Waals surface area contributed by atoms with Crippen molar-refractivity contribution in [2.45, 2.75) is 13.5 Å². The molecule has 2 aromatic heterocycles. The SMILES string of the molecule is COc1ccccc1Nc1cc(NCc2cccnc2)nc(C)n1. The second-order valence-corrected chi connectivity index (χ2v) is 5.23. The number of aryl methyl sites for hydroxylation is 1. The molecule has 0 atom stereocenters. The van der Waals surface area contributed by atoms with Gasteiger partial charge in [0.15, 0.2) is 0 Å². The van der Waals surface area contributed by atoms with Gasteiger partial charge >= 0.3 is 0 Å². The Morgan fingerprint density at radius 3 is 2.67 bits per heavy atom. The van der Waals surface area contributed by atoms with Crippen LogP contribution >= 0.6 is 0 Å². The van der Waals surface area contributed by atoms with Gasteiger partial charge in [0, 0.05) is 25.0 Å². The van der Waals surface area contributed by atoms with Gasteiger partial charge in [0.05, 0.1) is 12.8 Å². The number of para-hydroxylation sites is 2. The van der Waals surface area contributed by atoms with Crippen LogP contribution in [0.3, 0.4) is 0 Å². The van der Waals surface area contributed by atoms with Gasteiger partial charge < -0.3 is 15.4 Å². The average molecular weight is 321 g/mol. The summed E-state index contributed by atoms with van der Waals surface area (Å²) in [6, 6.07) is 13.5. The molecule has 0 unspecified atom stereocenters. The molecule has 1 aromatic carbocycles. The third-order valence-corrected chi connectivity index (χ3v) is 3.40. The lowest BCUT2D eigenvalue weighted by molar-refractivity contribution is 0.417. The minimum absolute atomic E-state index is 0.651. The van der Waals surface area contributed by atoms with Gasteiger partial charge in [0.25, 0.3) is 0 Å². The highest BCUT2D eigenvalue weighted by Gasteiger charge is 2.06. The molecule has 0 amide bonds. The largest absolute Gasteiger partial charge is 0.495 e. The van der Waals surface area contributed by atoms with E-state index in [1.165, 1.54) is 0 Å². The Morgan fingerprint density at radius 1 is 1.04 bits per heavy atom. The molecule has 122 valence electrons. The van der Waals surface area contributed by atoms with Crippen molar-refractivity contribution >= 4 is 17.3 Å². The predicted octanol–water partition coefficient (Wildman–Crippen LogP) is 3.54. The number of hydrogen-bond acceptors (Lipinski definition) is 6. The van der Waals surface area contributed by atoms with Gasteiger partial charge in [-0.2, -0.15) is 0 Å². The van der Waals surface area contributed by atoms with Crippen molar-refractivity contribution in [3.63, 3.8) is 0 Å². The molecule has 6 heteroatoms. The van der Waals surface area contributed by atoms with Crippen LogP contribution in [0.15, 0.2) is 54.9 Å². The number of nitrogens with zero attached hydrogens (tertiary/aromatic N) is 3. The van der Waals surface area contributed by atoms with Crippen molar-refractivity contribution in [1.29, 1.82) is 0 Å². The Morgan fingerprint density at radius 2 is 1.88 bits per heavy atom. The summed E-state index contributed by atoms with van der Waals surface area (Å²) < 4.78 is 5.35. The standard InChI is InChI=1S/C18H19N5O/c1-13-21-17(20-12-14-6-5-9-19-11-14)10-18(22-13)23-15-7-3-4-8-16(15)24-2/h3-11H,12H2,1-2H3,(H2,20,21,22,23). The maximum absolute atomic E-state index is 5.35. The number of anilines is 3. The maximum Gasteiger partial charge on any atom is 0.142 e. The van der Waals surface area contributed by atoms with Crippen LogP contribution in [-0.4, -0.2) is 22.1 Å².